The molecule has 2 aromatic rings. The van der Waals surface area contributed by atoms with Crippen LogP contribution in [0.25, 0.3) is 0 Å². The fourth-order valence-electron chi connectivity index (χ4n) is 1.59. The second-order valence-corrected chi connectivity index (χ2v) is 4.16. The Morgan fingerprint density at radius 1 is 0.941 bits per heavy atom. The van der Waals surface area contributed by atoms with Crippen LogP contribution >= 0.6 is 0 Å². The number of halogens is 1. The summed E-state index contributed by atoms with van der Waals surface area (Å²) >= 11 is 0. The van der Waals surface area contributed by atoms with Crippen LogP contribution in [0, 0.1) is 19.7 Å². The lowest BCUT2D eigenvalue weighted by Crippen LogP contribution is -1.96. The average molecular weight is 230 g/mol. The van der Waals surface area contributed by atoms with E-state index in [1.807, 2.05) is 6.07 Å². The highest BCUT2D eigenvalue weighted by Gasteiger charge is 1.98. The molecule has 0 atom stereocenters. The average Bonchev–Trinajstić information content (AvgIpc) is 2.33. The summed E-state index contributed by atoms with van der Waals surface area (Å²) in [6.45, 7) is 4.67. The monoisotopic (exact) mass is 230 g/mol. The molecule has 88 valence electrons. The van der Waals surface area contributed by atoms with E-state index >= 15 is 0 Å². The van der Waals surface area contributed by atoms with E-state index in [1.54, 1.807) is 12.1 Å². The van der Waals surface area contributed by atoms with Crippen molar-refractivity contribution < 1.29 is 9.13 Å². The van der Waals surface area contributed by atoms with Crippen molar-refractivity contribution in [2.45, 2.75) is 20.5 Å². The number of aryl methyl sites for hydroxylation is 2. The smallest absolute Gasteiger partial charge is 0.123 e. The van der Waals surface area contributed by atoms with Crippen LogP contribution in [0.1, 0.15) is 16.7 Å². The molecule has 0 amide bonds. The lowest BCUT2D eigenvalue weighted by molar-refractivity contribution is 0.305. The van der Waals surface area contributed by atoms with Gasteiger partial charge in [-0.05, 0) is 54.8 Å². The maximum Gasteiger partial charge on any atom is 0.123 e. The third kappa shape index (κ3) is 3.06. The van der Waals surface area contributed by atoms with E-state index in [4.69, 9.17) is 4.74 Å². The number of ether oxygens (including phenoxy) is 1. The van der Waals surface area contributed by atoms with Gasteiger partial charge in [0.05, 0.1) is 0 Å². The van der Waals surface area contributed by atoms with Crippen LogP contribution < -0.4 is 4.74 Å². The zero-order valence-corrected chi connectivity index (χ0v) is 10.0. The Hall–Kier alpha value is -1.83. The summed E-state index contributed by atoms with van der Waals surface area (Å²) in [5.74, 6) is 0.438. The molecule has 0 saturated heterocycles. The van der Waals surface area contributed by atoms with Gasteiger partial charge in [-0.2, -0.15) is 0 Å². The van der Waals surface area contributed by atoms with Gasteiger partial charge in [-0.25, -0.2) is 4.39 Å². The Labute approximate surface area is 101 Å². The summed E-state index contributed by atoms with van der Waals surface area (Å²) in [5, 5.41) is 0. The molecule has 0 radical (unpaired) electrons. The van der Waals surface area contributed by atoms with Gasteiger partial charge < -0.3 is 4.74 Å². The van der Waals surface area contributed by atoms with Gasteiger partial charge in [0.15, 0.2) is 0 Å². The lowest BCUT2D eigenvalue weighted by atomic mass is 10.1. The first-order valence-electron chi connectivity index (χ1n) is 5.59. The number of rotatable bonds is 3. The van der Waals surface area contributed by atoms with Crippen LogP contribution in [-0.2, 0) is 6.61 Å². The van der Waals surface area contributed by atoms with Crippen LogP contribution in [0.5, 0.6) is 5.75 Å². The first kappa shape index (κ1) is 11.6. The molecule has 2 heteroatoms. The topological polar surface area (TPSA) is 9.23 Å². The maximum atomic E-state index is 12.7. The van der Waals surface area contributed by atoms with Crippen LogP contribution in [0.2, 0.25) is 0 Å². The minimum atomic E-state index is -0.247. The van der Waals surface area contributed by atoms with E-state index in [0.717, 1.165) is 5.56 Å². The predicted molar refractivity (Wildman–Crippen MR) is 66.6 cm³/mol. The molecular weight excluding hydrogens is 215 g/mol. The first-order chi connectivity index (χ1) is 8.15. The quantitative estimate of drug-likeness (QED) is 0.773. The van der Waals surface area contributed by atoms with Crippen molar-refractivity contribution in [2.75, 3.05) is 0 Å². The van der Waals surface area contributed by atoms with Crippen molar-refractivity contribution in [1.82, 2.24) is 0 Å². The molecule has 17 heavy (non-hydrogen) atoms. The van der Waals surface area contributed by atoms with Gasteiger partial charge in [0, 0.05) is 0 Å². The van der Waals surface area contributed by atoms with Crippen molar-refractivity contribution in [3.05, 3.63) is 65.0 Å². The molecule has 2 rings (SSSR count). The van der Waals surface area contributed by atoms with Crippen LogP contribution in [0.15, 0.2) is 42.5 Å². The SMILES string of the molecule is Cc1ccc(COc2ccc(F)cc2)cc1C. The summed E-state index contributed by atoms with van der Waals surface area (Å²) in [4.78, 5) is 0. The Morgan fingerprint density at radius 2 is 1.65 bits per heavy atom. The molecule has 0 fully saturated rings. The summed E-state index contributed by atoms with van der Waals surface area (Å²) in [6.07, 6.45) is 0. The molecule has 0 aliphatic carbocycles. The van der Waals surface area contributed by atoms with Crippen LogP contribution in [0.4, 0.5) is 4.39 Å². The first-order valence-corrected chi connectivity index (χ1v) is 5.59. The van der Waals surface area contributed by atoms with E-state index in [1.165, 1.54) is 23.3 Å². The molecule has 1 nitrogen and oxygen atoms in total. The van der Waals surface area contributed by atoms with Gasteiger partial charge in [-0.1, -0.05) is 18.2 Å². The largest absolute Gasteiger partial charge is 0.489 e. The molecule has 2 aromatic carbocycles. The number of hydrogen-bond acceptors (Lipinski definition) is 1. The standard InChI is InChI=1S/C15H15FO/c1-11-3-4-13(9-12(11)2)10-17-15-7-5-14(16)6-8-15/h3-9H,10H2,1-2H3. The summed E-state index contributed by atoms with van der Waals surface area (Å²) in [6, 6.07) is 12.3. The molecule has 0 bridgehead atoms. The Kier molecular flexibility index (Phi) is 3.43. The molecule has 0 aliphatic rings. The Bertz CT molecular complexity index is 503. The Morgan fingerprint density at radius 3 is 2.29 bits per heavy atom. The molecule has 0 aromatic heterocycles. The number of benzene rings is 2. The van der Waals surface area contributed by atoms with Gasteiger partial charge in [0.1, 0.15) is 18.2 Å². The third-order valence-electron chi connectivity index (χ3n) is 2.79. The predicted octanol–water partition coefficient (Wildman–Crippen LogP) is 4.02. The Balaban J connectivity index is 2.02. The summed E-state index contributed by atoms with van der Waals surface area (Å²) in [5.41, 5.74) is 3.65. The molecule has 0 heterocycles. The fourth-order valence-corrected chi connectivity index (χ4v) is 1.59. The minimum absolute atomic E-state index is 0.247. The van der Waals surface area contributed by atoms with Gasteiger partial charge in [-0.3, -0.25) is 0 Å². The molecule has 0 unspecified atom stereocenters. The van der Waals surface area contributed by atoms with Crippen LogP contribution in [-0.4, -0.2) is 0 Å². The van der Waals surface area contributed by atoms with Gasteiger partial charge in [-0.15, -0.1) is 0 Å². The van der Waals surface area contributed by atoms with Gasteiger partial charge in [0.25, 0.3) is 0 Å². The zero-order chi connectivity index (χ0) is 12.3. The summed E-state index contributed by atoms with van der Waals surface area (Å²) in [7, 11) is 0. The third-order valence-corrected chi connectivity index (χ3v) is 2.79. The van der Waals surface area contributed by atoms with Crippen LogP contribution in [0.3, 0.4) is 0 Å². The molecule has 0 N–H and O–H groups in total. The van der Waals surface area contributed by atoms with E-state index in [2.05, 4.69) is 26.0 Å². The second kappa shape index (κ2) is 5.00. The van der Waals surface area contributed by atoms with E-state index < -0.39 is 0 Å². The normalized spacial score (nSPS) is 10.3. The highest BCUT2D eigenvalue weighted by molar-refractivity contribution is 5.30. The zero-order valence-electron chi connectivity index (χ0n) is 10.0. The van der Waals surface area contributed by atoms with E-state index in [0.29, 0.717) is 12.4 Å². The maximum absolute atomic E-state index is 12.7. The second-order valence-electron chi connectivity index (χ2n) is 4.16. The van der Waals surface area contributed by atoms with Gasteiger partial charge in [0.2, 0.25) is 0 Å². The van der Waals surface area contributed by atoms with Gasteiger partial charge >= 0.3 is 0 Å². The molecule has 0 spiro atoms. The highest BCUT2D eigenvalue weighted by atomic mass is 19.1. The van der Waals surface area contributed by atoms with Crippen molar-refractivity contribution in [2.24, 2.45) is 0 Å². The van der Waals surface area contributed by atoms with E-state index in [9.17, 15) is 4.39 Å². The molecule has 0 aliphatic heterocycles. The lowest BCUT2D eigenvalue weighted by Gasteiger charge is -2.08. The van der Waals surface area contributed by atoms with Crippen molar-refractivity contribution >= 4 is 0 Å². The van der Waals surface area contributed by atoms with Crippen molar-refractivity contribution in [1.29, 1.82) is 0 Å². The highest BCUT2D eigenvalue weighted by Crippen LogP contribution is 2.15. The molecular formula is C15H15FO. The van der Waals surface area contributed by atoms with E-state index in [-0.39, 0.29) is 5.82 Å². The van der Waals surface area contributed by atoms with Crippen molar-refractivity contribution in [3.8, 4) is 5.75 Å². The molecule has 0 saturated carbocycles. The number of hydrogen-bond donors (Lipinski definition) is 0. The van der Waals surface area contributed by atoms with Crippen molar-refractivity contribution in [3.63, 3.8) is 0 Å². The fraction of sp³-hybridized carbons (Fsp3) is 0.200. The summed E-state index contributed by atoms with van der Waals surface area (Å²) < 4.78 is 18.3. The minimum Gasteiger partial charge on any atom is -0.489 e.